The maximum Gasteiger partial charge on any atom is 0.307 e. The summed E-state index contributed by atoms with van der Waals surface area (Å²) in [5, 5.41) is 0. The Labute approximate surface area is 147 Å². The summed E-state index contributed by atoms with van der Waals surface area (Å²) in [5.74, 6) is 0.194. The monoisotopic (exact) mass is 331 g/mol. The first-order valence-corrected chi connectivity index (χ1v) is 8.79. The first-order chi connectivity index (χ1) is 11.2. The molecule has 0 bridgehead atoms. The molecule has 134 valence electrons. The molecule has 0 aliphatic heterocycles. The van der Waals surface area contributed by atoms with Crippen molar-refractivity contribution in [3.05, 3.63) is 48.6 Å². The third kappa shape index (κ3) is 6.48. The number of carbonyl (C=O) groups excluding carboxylic acids is 1. The van der Waals surface area contributed by atoms with E-state index in [1.165, 1.54) is 5.56 Å². The normalized spacial score (nSPS) is 14.5. The molecule has 0 aliphatic carbocycles. The van der Waals surface area contributed by atoms with E-state index in [9.17, 15) is 4.79 Å². The fourth-order valence-corrected chi connectivity index (χ4v) is 2.94. The van der Waals surface area contributed by atoms with Crippen molar-refractivity contribution in [2.24, 2.45) is 5.92 Å². The van der Waals surface area contributed by atoms with E-state index in [0.717, 1.165) is 6.54 Å². The van der Waals surface area contributed by atoms with Crippen molar-refractivity contribution >= 4 is 5.97 Å². The predicted octanol–water partition coefficient (Wildman–Crippen LogP) is 4.99. The Morgan fingerprint density at radius 1 is 1.21 bits per heavy atom. The maximum absolute atomic E-state index is 12.4. The molecule has 3 nitrogen and oxygen atoms in total. The predicted molar refractivity (Wildman–Crippen MR) is 101 cm³/mol. The molecule has 24 heavy (non-hydrogen) atoms. The summed E-state index contributed by atoms with van der Waals surface area (Å²) in [6.07, 6.45) is 2.30. The minimum atomic E-state index is -0.451. The first kappa shape index (κ1) is 20.4. The van der Waals surface area contributed by atoms with Crippen LogP contribution in [0.25, 0.3) is 0 Å². The molecule has 1 rings (SSSR count). The highest BCUT2D eigenvalue weighted by Crippen LogP contribution is 2.27. The van der Waals surface area contributed by atoms with Crippen LogP contribution in [0.4, 0.5) is 0 Å². The van der Waals surface area contributed by atoms with Crippen molar-refractivity contribution in [1.29, 1.82) is 0 Å². The average molecular weight is 332 g/mol. The molecule has 2 atom stereocenters. The lowest BCUT2D eigenvalue weighted by Crippen LogP contribution is -2.43. The minimum Gasteiger partial charge on any atom is -0.460 e. The van der Waals surface area contributed by atoms with Crippen LogP contribution in [0.1, 0.15) is 59.6 Å². The van der Waals surface area contributed by atoms with E-state index in [4.69, 9.17) is 4.74 Å². The first-order valence-electron chi connectivity index (χ1n) is 8.79. The van der Waals surface area contributed by atoms with Gasteiger partial charge in [0.15, 0.2) is 0 Å². The summed E-state index contributed by atoms with van der Waals surface area (Å²) in [7, 11) is 0. The molecule has 0 saturated carbocycles. The van der Waals surface area contributed by atoms with Crippen LogP contribution in [0, 0.1) is 5.92 Å². The summed E-state index contributed by atoms with van der Waals surface area (Å²) in [5.41, 5.74) is 0.793. The molecule has 0 radical (unpaired) electrons. The number of benzene rings is 1. The van der Waals surface area contributed by atoms with Crippen LogP contribution >= 0.6 is 0 Å². The van der Waals surface area contributed by atoms with E-state index in [-0.39, 0.29) is 18.1 Å². The van der Waals surface area contributed by atoms with Crippen LogP contribution in [0.5, 0.6) is 0 Å². The molecule has 0 spiro atoms. The van der Waals surface area contributed by atoms with E-state index in [0.29, 0.717) is 12.3 Å². The highest BCUT2D eigenvalue weighted by molar-refractivity contribution is 5.70. The van der Waals surface area contributed by atoms with E-state index in [1.54, 1.807) is 0 Å². The van der Waals surface area contributed by atoms with Crippen LogP contribution in [-0.4, -0.2) is 29.1 Å². The zero-order valence-electron chi connectivity index (χ0n) is 16.1. The van der Waals surface area contributed by atoms with Crippen LogP contribution < -0.4 is 0 Å². The van der Waals surface area contributed by atoms with Gasteiger partial charge >= 0.3 is 5.97 Å². The number of esters is 1. The second-order valence-corrected chi connectivity index (χ2v) is 7.67. The van der Waals surface area contributed by atoms with E-state index in [2.05, 4.69) is 56.5 Å². The van der Waals surface area contributed by atoms with Crippen molar-refractivity contribution in [2.75, 3.05) is 6.54 Å². The molecule has 0 aromatic heterocycles. The summed E-state index contributed by atoms with van der Waals surface area (Å²) in [4.78, 5) is 14.7. The van der Waals surface area contributed by atoms with Crippen LogP contribution in [0.2, 0.25) is 0 Å². The number of rotatable bonds is 8. The van der Waals surface area contributed by atoms with E-state index in [1.807, 2.05) is 32.9 Å². The molecule has 0 saturated heterocycles. The second-order valence-electron chi connectivity index (χ2n) is 7.67. The lowest BCUT2D eigenvalue weighted by atomic mass is 9.95. The topological polar surface area (TPSA) is 29.5 Å². The lowest BCUT2D eigenvalue weighted by molar-refractivity contribution is -0.157. The van der Waals surface area contributed by atoms with Crippen molar-refractivity contribution in [3.63, 3.8) is 0 Å². The number of nitrogens with zero attached hydrogens (tertiary/aromatic N) is 1. The Kier molecular flexibility index (Phi) is 7.68. The van der Waals surface area contributed by atoms with Gasteiger partial charge in [0.1, 0.15) is 5.60 Å². The molecule has 0 amide bonds. The van der Waals surface area contributed by atoms with Gasteiger partial charge in [-0.25, -0.2) is 0 Å². The van der Waals surface area contributed by atoms with Crippen LogP contribution in [-0.2, 0) is 9.53 Å². The summed E-state index contributed by atoms with van der Waals surface area (Å²) < 4.78 is 5.54. The molecule has 1 aromatic carbocycles. The van der Waals surface area contributed by atoms with Gasteiger partial charge in [-0.3, -0.25) is 9.69 Å². The molecule has 0 N–H and O–H groups in total. The molecule has 3 heteroatoms. The zero-order valence-corrected chi connectivity index (χ0v) is 16.1. The van der Waals surface area contributed by atoms with Gasteiger partial charge in [-0.2, -0.15) is 0 Å². The fourth-order valence-electron chi connectivity index (χ4n) is 2.94. The maximum atomic E-state index is 12.4. The Bertz CT molecular complexity index is 516. The summed E-state index contributed by atoms with van der Waals surface area (Å²) in [6, 6.07) is 10.7. The third-order valence-electron chi connectivity index (χ3n) is 4.11. The van der Waals surface area contributed by atoms with Gasteiger partial charge in [0.05, 0.1) is 6.42 Å². The smallest absolute Gasteiger partial charge is 0.307 e. The second kappa shape index (κ2) is 9.03. The molecule has 0 unspecified atom stereocenters. The third-order valence-corrected chi connectivity index (χ3v) is 4.11. The molecule has 1 aromatic rings. The van der Waals surface area contributed by atoms with Crippen molar-refractivity contribution in [2.45, 2.75) is 65.6 Å². The van der Waals surface area contributed by atoms with Gasteiger partial charge in [0.2, 0.25) is 0 Å². The number of carbonyl (C=O) groups is 1. The molecule has 0 fully saturated rings. The minimum absolute atomic E-state index is 0.105. The standard InChI is InChI=1S/C21H33NO2/c1-8-14-22(17(4)18-12-10-9-11-13-18)19(16(2)3)15-20(23)24-21(5,6)7/h8-13,16-17,19H,1,14-15H2,2-7H3/t17-,19+/m0/s1. The fraction of sp³-hybridized carbons (Fsp3) is 0.571. The highest BCUT2D eigenvalue weighted by atomic mass is 16.6. The lowest BCUT2D eigenvalue weighted by Gasteiger charge is -2.38. The Morgan fingerprint density at radius 3 is 2.25 bits per heavy atom. The number of hydrogen-bond acceptors (Lipinski definition) is 3. The van der Waals surface area contributed by atoms with Gasteiger partial charge in [-0.15, -0.1) is 6.58 Å². The van der Waals surface area contributed by atoms with Gasteiger partial charge in [0, 0.05) is 18.6 Å². The van der Waals surface area contributed by atoms with Gasteiger partial charge in [-0.05, 0) is 39.2 Å². The SMILES string of the molecule is C=CCN([C@H](CC(=O)OC(C)(C)C)C(C)C)[C@@H](C)c1ccccc1. The largest absolute Gasteiger partial charge is 0.460 e. The quantitative estimate of drug-likeness (QED) is 0.496. The Morgan fingerprint density at radius 2 is 1.79 bits per heavy atom. The average Bonchev–Trinajstić information content (AvgIpc) is 2.49. The van der Waals surface area contributed by atoms with Crippen molar-refractivity contribution in [1.82, 2.24) is 4.90 Å². The number of hydrogen-bond donors (Lipinski definition) is 0. The van der Waals surface area contributed by atoms with Crippen LogP contribution in [0.15, 0.2) is 43.0 Å². The summed E-state index contributed by atoms with van der Waals surface area (Å²) in [6.45, 7) is 16.9. The zero-order chi connectivity index (χ0) is 18.3. The molecule has 0 aliphatic rings. The number of ether oxygens (including phenoxy) is 1. The molecular formula is C21H33NO2. The van der Waals surface area contributed by atoms with Crippen molar-refractivity contribution < 1.29 is 9.53 Å². The van der Waals surface area contributed by atoms with Gasteiger partial charge in [-0.1, -0.05) is 50.3 Å². The Hall–Kier alpha value is -1.61. The molecule has 0 heterocycles. The van der Waals surface area contributed by atoms with E-state index >= 15 is 0 Å². The van der Waals surface area contributed by atoms with Crippen LogP contribution in [0.3, 0.4) is 0 Å². The Balaban J connectivity index is 2.98. The van der Waals surface area contributed by atoms with Crippen molar-refractivity contribution in [3.8, 4) is 0 Å². The molecular weight excluding hydrogens is 298 g/mol. The van der Waals surface area contributed by atoms with Gasteiger partial charge < -0.3 is 4.74 Å². The highest BCUT2D eigenvalue weighted by Gasteiger charge is 2.30. The summed E-state index contributed by atoms with van der Waals surface area (Å²) >= 11 is 0. The van der Waals surface area contributed by atoms with Gasteiger partial charge in [0.25, 0.3) is 0 Å². The van der Waals surface area contributed by atoms with E-state index < -0.39 is 5.60 Å².